The van der Waals surface area contributed by atoms with Crippen LogP contribution in [0.3, 0.4) is 0 Å². The summed E-state index contributed by atoms with van der Waals surface area (Å²) in [6, 6.07) is 0. The van der Waals surface area contributed by atoms with E-state index >= 15 is 0 Å². The van der Waals surface area contributed by atoms with Crippen LogP contribution in [-0.2, 0) is 19.4 Å². The fraction of sp³-hybridized carbons (Fsp3) is 0.583. The van der Waals surface area contributed by atoms with Crippen LogP contribution < -0.4 is 5.32 Å². The highest BCUT2D eigenvalue weighted by Gasteiger charge is 2.22. The van der Waals surface area contributed by atoms with Crippen LogP contribution in [0.4, 0.5) is 0 Å². The first-order valence-electron chi connectivity index (χ1n) is 6.39. The third kappa shape index (κ3) is 1.73. The molecule has 0 saturated carbocycles. The molecule has 0 spiro atoms. The summed E-state index contributed by atoms with van der Waals surface area (Å²) >= 11 is 0. The molecule has 2 aromatic heterocycles. The number of aryl methyl sites for hydroxylation is 2. The molecule has 0 unspecified atom stereocenters. The van der Waals surface area contributed by atoms with E-state index in [2.05, 4.69) is 32.2 Å². The Kier molecular flexibility index (Phi) is 2.87. The fourth-order valence-corrected chi connectivity index (χ4v) is 2.40. The fourth-order valence-electron chi connectivity index (χ4n) is 2.40. The van der Waals surface area contributed by atoms with Gasteiger partial charge in [-0.2, -0.15) is 0 Å². The largest absolute Gasteiger partial charge is 0.361 e. The predicted molar refractivity (Wildman–Crippen MR) is 66.2 cm³/mol. The summed E-state index contributed by atoms with van der Waals surface area (Å²) in [5.74, 6) is 2.75. The number of hydrogen-bond donors (Lipinski definition) is 1. The van der Waals surface area contributed by atoms with Crippen molar-refractivity contribution in [3.8, 4) is 11.4 Å². The molecule has 18 heavy (non-hydrogen) atoms. The first-order chi connectivity index (χ1) is 8.81. The lowest BCUT2D eigenvalue weighted by Crippen LogP contribution is -2.17. The highest BCUT2D eigenvalue weighted by Crippen LogP contribution is 2.27. The SMILES string of the molecule is CCc1noc(C)c1-c1nnc2n1CCNCC2. The second-order valence-electron chi connectivity index (χ2n) is 4.51. The lowest BCUT2D eigenvalue weighted by molar-refractivity contribution is 0.391. The molecule has 0 fully saturated rings. The van der Waals surface area contributed by atoms with Gasteiger partial charge in [-0.1, -0.05) is 12.1 Å². The van der Waals surface area contributed by atoms with E-state index in [-0.39, 0.29) is 0 Å². The van der Waals surface area contributed by atoms with Gasteiger partial charge in [0.25, 0.3) is 0 Å². The summed E-state index contributed by atoms with van der Waals surface area (Å²) in [5, 5.41) is 16.1. The summed E-state index contributed by atoms with van der Waals surface area (Å²) in [6.45, 7) is 6.80. The molecule has 1 aliphatic heterocycles. The topological polar surface area (TPSA) is 68.8 Å². The molecular formula is C12H17N5O. The van der Waals surface area contributed by atoms with Gasteiger partial charge in [0.1, 0.15) is 11.6 Å². The van der Waals surface area contributed by atoms with Crippen molar-refractivity contribution in [2.45, 2.75) is 33.2 Å². The molecule has 6 nitrogen and oxygen atoms in total. The second kappa shape index (κ2) is 4.53. The van der Waals surface area contributed by atoms with Gasteiger partial charge >= 0.3 is 0 Å². The Bertz CT molecular complexity index is 557. The van der Waals surface area contributed by atoms with E-state index in [0.717, 1.165) is 61.1 Å². The van der Waals surface area contributed by atoms with Gasteiger partial charge in [-0.05, 0) is 13.3 Å². The zero-order valence-electron chi connectivity index (χ0n) is 10.7. The number of nitrogens with one attached hydrogen (secondary N) is 1. The van der Waals surface area contributed by atoms with E-state index < -0.39 is 0 Å². The number of hydrogen-bond acceptors (Lipinski definition) is 5. The van der Waals surface area contributed by atoms with Gasteiger partial charge in [0.15, 0.2) is 5.82 Å². The standard InChI is InChI=1S/C12H17N5O/c1-3-9-11(8(2)18-16-9)12-15-14-10-4-5-13-6-7-17(10)12/h13H,3-7H2,1-2H3. The Balaban J connectivity index is 2.11. The van der Waals surface area contributed by atoms with Crippen LogP contribution >= 0.6 is 0 Å². The maximum atomic E-state index is 5.29. The molecule has 6 heteroatoms. The predicted octanol–water partition coefficient (Wildman–Crippen LogP) is 0.950. The molecule has 0 aromatic carbocycles. The van der Waals surface area contributed by atoms with Gasteiger partial charge < -0.3 is 14.4 Å². The maximum absolute atomic E-state index is 5.29. The molecule has 0 amide bonds. The molecular weight excluding hydrogens is 230 g/mol. The van der Waals surface area contributed by atoms with Gasteiger partial charge in [-0.15, -0.1) is 10.2 Å². The second-order valence-corrected chi connectivity index (χ2v) is 4.51. The Hall–Kier alpha value is -1.69. The first-order valence-corrected chi connectivity index (χ1v) is 6.39. The van der Waals surface area contributed by atoms with Gasteiger partial charge in [0, 0.05) is 26.1 Å². The van der Waals surface area contributed by atoms with Crippen LogP contribution in [0.5, 0.6) is 0 Å². The molecule has 3 rings (SSSR count). The third-order valence-electron chi connectivity index (χ3n) is 3.36. The van der Waals surface area contributed by atoms with Crippen LogP contribution in [0.15, 0.2) is 4.52 Å². The average molecular weight is 247 g/mol. The van der Waals surface area contributed by atoms with Crippen molar-refractivity contribution in [3.63, 3.8) is 0 Å². The van der Waals surface area contributed by atoms with Crippen LogP contribution in [-0.4, -0.2) is 33.0 Å². The number of nitrogens with zero attached hydrogens (tertiary/aromatic N) is 4. The van der Waals surface area contributed by atoms with Crippen LogP contribution in [0.25, 0.3) is 11.4 Å². The molecule has 0 aliphatic carbocycles. The monoisotopic (exact) mass is 247 g/mol. The van der Waals surface area contributed by atoms with Crippen LogP contribution in [0.2, 0.25) is 0 Å². The molecule has 0 saturated heterocycles. The van der Waals surface area contributed by atoms with Crippen molar-refractivity contribution in [2.75, 3.05) is 13.1 Å². The van der Waals surface area contributed by atoms with E-state index in [4.69, 9.17) is 4.52 Å². The number of fused-ring (bicyclic) bond motifs is 1. The average Bonchev–Trinajstić information content (AvgIpc) is 2.84. The molecule has 1 N–H and O–H groups in total. The van der Waals surface area contributed by atoms with E-state index in [1.54, 1.807) is 0 Å². The number of rotatable bonds is 2. The Morgan fingerprint density at radius 1 is 1.33 bits per heavy atom. The molecule has 0 radical (unpaired) electrons. The van der Waals surface area contributed by atoms with Crippen LogP contribution in [0, 0.1) is 6.92 Å². The number of aromatic nitrogens is 4. The molecule has 0 atom stereocenters. The van der Waals surface area contributed by atoms with Crippen molar-refractivity contribution in [3.05, 3.63) is 17.3 Å². The summed E-state index contributed by atoms with van der Waals surface area (Å²) in [6.07, 6.45) is 1.76. The Morgan fingerprint density at radius 2 is 2.22 bits per heavy atom. The molecule has 96 valence electrons. The zero-order chi connectivity index (χ0) is 12.5. The minimum Gasteiger partial charge on any atom is -0.361 e. The molecule has 2 aromatic rings. The minimum atomic E-state index is 0.819. The summed E-state index contributed by atoms with van der Waals surface area (Å²) in [5.41, 5.74) is 1.97. The summed E-state index contributed by atoms with van der Waals surface area (Å²) < 4.78 is 7.47. The van der Waals surface area contributed by atoms with Crippen molar-refractivity contribution in [1.82, 2.24) is 25.2 Å². The van der Waals surface area contributed by atoms with Gasteiger partial charge in [0.05, 0.1) is 11.3 Å². The van der Waals surface area contributed by atoms with E-state index in [9.17, 15) is 0 Å². The zero-order valence-corrected chi connectivity index (χ0v) is 10.7. The van der Waals surface area contributed by atoms with Crippen molar-refractivity contribution in [2.24, 2.45) is 0 Å². The van der Waals surface area contributed by atoms with Gasteiger partial charge in [0.2, 0.25) is 0 Å². The normalized spacial score (nSPS) is 15.4. The van der Waals surface area contributed by atoms with Crippen molar-refractivity contribution in [1.29, 1.82) is 0 Å². The third-order valence-corrected chi connectivity index (χ3v) is 3.36. The highest BCUT2D eigenvalue weighted by atomic mass is 16.5. The summed E-state index contributed by atoms with van der Waals surface area (Å²) in [4.78, 5) is 0. The molecule has 3 heterocycles. The van der Waals surface area contributed by atoms with E-state index in [1.165, 1.54) is 0 Å². The quantitative estimate of drug-likeness (QED) is 0.855. The van der Waals surface area contributed by atoms with Gasteiger partial charge in [-0.25, -0.2) is 0 Å². The molecule has 0 bridgehead atoms. The Labute approximate surface area is 105 Å². The van der Waals surface area contributed by atoms with Crippen molar-refractivity contribution < 1.29 is 4.52 Å². The summed E-state index contributed by atoms with van der Waals surface area (Å²) in [7, 11) is 0. The minimum absolute atomic E-state index is 0.819. The first kappa shape index (κ1) is 11.4. The van der Waals surface area contributed by atoms with E-state index in [0.29, 0.717) is 0 Å². The lowest BCUT2D eigenvalue weighted by Gasteiger charge is -2.06. The van der Waals surface area contributed by atoms with Gasteiger partial charge in [-0.3, -0.25) is 0 Å². The smallest absolute Gasteiger partial charge is 0.169 e. The molecule has 1 aliphatic rings. The maximum Gasteiger partial charge on any atom is 0.169 e. The highest BCUT2D eigenvalue weighted by molar-refractivity contribution is 5.60. The lowest BCUT2D eigenvalue weighted by atomic mass is 10.1. The van der Waals surface area contributed by atoms with Crippen molar-refractivity contribution >= 4 is 0 Å². The van der Waals surface area contributed by atoms with Crippen LogP contribution in [0.1, 0.15) is 24.2 Å². The Morgan fingerprint density at radius 3 is 3.06 bits per heavy atom. The van der Waals surface area contributed by atoms with E-state index in [1.807, 2.05) is 6.92 Å².